The van der Waals surface area contributed by atoms with E-state index in [-0.39, 0.29) is 12.6 Å². The van der Waals surface area contributed by atoms with Gasteiger partial charge in [-0.1, -0.05) is 0 Å². The van der Waals surface area contributed by atoms with Crippen molar-refractivity contribution in [1.29, 1.82) is 0 Å². The summed E-state index contributed by atoms with van der Waals surface area (Å²) < 4.78 is 0. The van der Waals surface area contributed by atoms with Crippen LogP contribution >= 0.6 is 0 Å². The van der Waals surface area contributed by atoms with Crippen molar-refractivity contribution in [1.82, 2.24) is 15.3 Å². The third-order valence-electron chi connectivity index (χ3n) is 1.45. The summed E-state index contributed by atoms with van der Waals surface area (Å²) in [6, 6.07) is 0.125. The van der Waals surface area contributed by atoms with Crippen LogP contribution in [0.4, 0.5) is 0 Å². The maximum Gasteiger partial charge on any atom is 0.120 e. The molecule has 1 aromatic heterocycles. The predicted molar refractivity (Wildman–Crippen MR) is 42.0 cm³/mol. The summed E-state index contributed by atoms with van der Waals surface area (Å²) in [5.41, 5.74) is 0. The molecule has 1 unspecified atom stereocenters. The van der Waals surface area contributed by atoms with Crippen LogP contribution in [0.25, 0.3) is 0 Å². The van der Waals surface area contributed by atoms with Gasteiger partial charge in [0, 0.05) is 18.4 Å². The summed E-state index contributed by atoms with van der Waals surface area (Å²) in [5, 5.41) is 11.8. The number of rotatable bonds is 4. The van der Waals surface area contributed by atoms with Crippen molar-refractivity contribution >= 4 is 0 Å². The van der Waals surface area contributed by atoms with Crippen LogP contribution in [0.2, 0.25) is 0 Å². The minimum absolute atomic E-state index is 0.125. The molecule has 0 aromatic carbocycles. The quantitative estimate of drug-likeness (QED) is 0.568. The Morgan fingerprint density at radius 3 is 3.18 bits per heavy atom. The average molecular weight is 155 g/mol. The molecule has 62 valence electrons. The first-order valence-corrected chi connectivity index (χ1v) is 3.65. The van der Waals surface area contributed by atoms with Crippen LogP contribution in [0.3, 0.4) is 0 Å². The molecule has 0 spiro atoms. The van der Waals surface area contributed by atoms with E-state index >= 15 is 0 Å². The second kappa shape index (κ2) is 4.10. The van der Waals surface area contributed by atoms with Gasteiger partial charge in [0.25, 0.3) is 0 Å². The smallest absolute Gasteiger partial charge is 0.120 e. The first-order valence-electron chi connectivity index (χ1n) is 3.65. The summed E-state index contributed by atoms with van der Waals surface area (Å²) in [7, 11) is 0. The van der Waals surface area contributed by atoms with E-state index in [1.54, 1.807) is 12.4 Å². The van der Waals surface area contributed by atoms with Crippen molar-refractivity contribution in [2.75, 3.05) is 6.61 Å². The standard InChI is InChI=1S/C7H13N3O/c1-6(5-11)10-4-7-8-2-3-9-7/h2-3,6,10-11H,4-5H2,1H3,(H,8,9). The summed E-state index contributed by atoms with van der Waals surface area (Å²) in [6.07, 6.45) is 3.49. The normalized spacial score (nSPS) is 13.3. The number of hydrogen-bond acceptors (Lipinski definition) is 3. The van der Waals surface area contributed by atoms with E-state index < -0.39 is 0 Å². The molecular formula is C7H13N3O. The number of aliphatic hydroxyl groups is 1. The number of hydrogen-bond donors (Lipinski definition) is 3. The summed E-state index contributed by atoms with van der Waals surface area (Å²) in [5.74, 6) is 0.894. The van der Waals surface area contributed by atoms with Gasteiger partial charge in [0.2, 0.25) is 0 Å². The molecule has 1 rings (SSSR count). The fourth-order valence-corrected chi connectivity index (χ4v) is 0.730. The molecule has 4 heteroatoms. The lowest BCUT2D eigenvalue weighted by atomic mass is 10.3. The molecule has 11 heavy (non-hydrogen) atoms. The Bertz CT molecular complexity index is 186. The van der Waals surface area contributed by atoms with Crippen molar-refractivity contribution in [2.45, 2.75) is 19.5 Å². The van der Waals surface area contributed by atoms with Crippen LogP contribution < -0.4 is 5.32 Å². The summed E-state index contributed by atoms with van der Waals surface area (Å²) in [6.45, 7) is 2.75. The van der Waals surface area contributed by atoms with Gasteiger partial charge in [-0.2, -0.15) is 0 Å². The molecule has 0 fully saturated rings. The lowest BCUT2D eigenvalue weighted by molar-refractivity contribution is 0.250. The van der Waals surface area contributed by atoms with E-state index in [9.17, 15) is 0 Å². The second-order valence-corrected chi connectivity index (χ2v) is 2.50. The highest BCUT2D eigenvalue weighted by molar-refractivity contribution is 4.86. The van der Waals surface area contributed by atoms with Gasteiger partial charge in [0.1, 0.15) is 5.82 Å². The zero-order valence-corrected chi connectivity index (χ0v) is 6.54. The molecule has 0 saturated heterocycles. The van der Waals surface area contributed by atoms with Gasteiger partial charge in [0.15, 0.2) is 0 Å². The Hall–Kier alpha value is -0.870. The maximum atomic E-state index is 8.67. The van der Waals surface area contributed by atoms with Crippen LogP contribution in [0, 0.1) is 0 Å². The molecule has 4 nitrogen and oxygen atoms in total. The molecule has 0 amide bonds. The molecule has 0 aliphatic heterocycles. The highest BCUT2D eigenvalue weighted by Gasteiger charge is 1.98. The van der Waals surface area contributed by atoms with Crippen molar-refractivity contribution in [2.24, 2.45) is 0 Å². The van der Waals surface area contributed by atoms with Gasteiger partial charge in [-0.15, -0.1) is 0 Å². The van der Waals surface area contributed by atoms with Gasteiger partial charge in [-0.25, -0.2) is 4.98 Å². The molecule has 3 N–H and O–H groups in total. The van der Waals surface area contributed by atoms with Crippen LogP contribution in [-0.4, -0.2) is 27.7 Å². The number of imidazole rings is 1. The predicted octanol–water partition coefficient (Wildman–Crippen LogP) is -0.120. The number of aliphatic hydroxyl groups excluding tert-OH is 1. The third-order valence-corrected chi connectivity index (χ3v) is 1.45. The molecule has 0 aliphatic rings. The number of nitrogens with one attached hydrogen (secondary N) is 2. The Kier molecular flexibility index (Phi) is 3.07. The van der Waals surface area contributed by atoms with Crippen molar-refractivity contribution in [3.05, 3.63) is 18.2 Å². The highest BCUT2D eigenvalue weighted by atomic mass is 16.3. The van der Waals surface area contributed by atoms with Gasteiger partial charge >= 0.3 is 0 Å². The van der Waals surface area contributed by atoms with E-state index in [2.05, 4.69) is 15.3 Å². The lowest BCUT2D eigenvalue weighted by Crippen LogP contribution is -2.29. The van der Waals surface area contributed by atoms with Crippen molar-refractivity contribution in [3.63, 3.8) is 0 Å². The van der Waals surface area contributed by atoms with Gasteiger partial charge in [-0.3, -0.25) is 0 Å². The Morgan fingerprint density at radius 2 is 2.64 bits per heavy atom. The second-order valence-electron chi connectivity index (χ2n) is 2.50. The van der Waals surface area contributed by atoms with E-state index in [1.807, 2.05) is 6.92 Å². The van der Waals surface area contributed by atoms with Crippen molar-refractivity contribution in [3.8, 4) is 0 Å². The van der Waals surface area contributed by atoms with Crippen molar-refractivity contribution < 1.29 is 5.11 Å². The fraction of sp³-hybridized carbons (Fsp3) is 0.571. The summed E-state index contributed by atoms with van der Waals surface area (Å²) in [4.78, 5) is 6.98. The van der Waals surface area contributed by atoms with Crippen LogP contribution in [0.5, 0.6) is 0 Å². The molecule has 1 aromatic rings. The molecular weight excluding hydrogens is 142 g/mol. The number of aromatic amines is 1. The van der Waals surface area contributed by atoms with Gasteiger partial charge < -0.3 is 15.4 Å². The third kappa shape index (κ3) is 2.69. The first-order chi connectivity index (χ1) is 5.33. The number of nitrogens with zero attached hydrogens (tertiary/aromatic N) is 1. The fourth-order valence-electron chi connectivity index (χ4n) is 0.730. The molecule has 0 bridgehead atoms. The lowest BCUT2D eigenvalue weighted by Gasteiger charge is -2.07. The van der Waals surface area contributed by atoms with Gasteiger partial charge in [-0.05, 0) is 6.92 Å². The maximum absolute atomic E-state index is 8.67. The van der Waals surface area contributed by atoms with E-state index in [0.29, 0.717) is 6.54 Å². The molecule has 0 radical (unpaired) electrons. The molecule has 0 saturated carbocycles. The molecule has 1 atom stereocenters. The Morgan fingerprint density at radius 1 is 1.82 bits per heavy atom. The largest absolute Gasteiger partial charge is 0.395 e. The molecule has 0 aliphatic carbocycles. The van der Waals surface area contributed by atoms with Crippen LogP contribution in [-0.2, 0) is 6.54 Å². The first kappa shape index (κ1) is 8.23. The number of H-pyrrole nitrogens is 1. The Labute approximate surface area is 65.7 Å². The van der Waals surface area contributed by atoms with E-state index in [0.717, 1.165) is 5.82 Å². The van der Waals surface area contributed by atoms with E-state index in [1.165, 1.54) is 0 Å². The zero-order valence-electron chi connectivity index (χ0n) is 6.54. The van der Waals surface area contributed by atoms with Crippen LogP contribution in [0.1, 0.15) is 12.7 Å². The zero-order chi connectivity index (χ0) is 8.10. The van der Waals surface area contributed by atoms with Gasteiger partial charge in [0.05, 0.1) is 13.2 Å². The minimum Gasteiger partial charge on any atom is -0.395 e. The molecule has 1 heterocycles. The summed E-state index contributed by atoms with van der Waals surface area (Å²) >= 11 is 0. The topological polar surface area (TPSA) is 60.9 Å². The van der Waals surface area contributed by atoms with Crippen LogP contribution in [0.15, 0.2) is 12.4 Å². The Balaban J connectivity index is 2.23. The minimum atomic E-state index is 0.125. The average Bonchev–Trinajstić information content (AvgIpc) is 2.52. The SMILES string of the molecule is CC(CO)NCc1ncc[nH]1. The number of aromatic nitrogens is 2. The van der Waals surface area contributed by atoms with E-state index in [4.69, 9.17) is 5.11 Å². The monoisotopic (exact) mass is 155 g/mol. The highest BCUT2D eigenvalue weighted by Crippen LogP contribution is 1.88.